The van der Waals surface area contributed by atoms with Crippen molar-refractivity contribution in [2.45, 2.75) is 271 Å². The molecular weight excluding hydrogens is 861 g/mol. The summed E-state index contributed by atoms with van der Waals surface area (Å²) in [6, 6.07) is 0. The maximum Gasteiger partial charge on any atom is 0.310 e. The molecule has 0 heterocycles. The predicted molar refractivity (Wildman–Crippen MR) is 306 cm³/mol. The van der Waals surface area contributed by atoms with Crippen molar-refractivity contribution in [3.05, 3.63) is 109 Å². The van der Waals surface area contributed by atoms with E-state index in [0.717, 1.165) is 77.0 Å². The number of hydrogen-bond donors (Lipinski definition) is 0. The smallest absolute Gasteiger partial charge is 0.310 e. The maximum atomic E-state index is 12.8. The number of hydrogen-bond acceptors (Lipinski definition) is 5. The minimum atomic E-state index is -0.601. The SMILES string of the molecule is CC/C=C\C/C=C\C/C=C\C/C=C\C/C=C\CC(=O)OC(COCCCCCCCCCCCC/C=C\C/C=C\CCCCC)COC(=O)CCCCCCCCCCC/C=C\C/C=C\CCCCC. The van der Waals surface area contributed by atoms with E-state index in [4.69, 9.17) is 14.2 Å². The van der Waals surface area contributed by atoms with Crippen LogP contribution in [0.3, 0.4) is 0 Å². The van der Waals surface area contributed by atoms with Crippen molar-refractivity contribution in [2.24, 2.45) is 0 Å². The first-order chi connectivity index (χ1) is 34.6. The summed E-state index contributed by atoms with van der Waals surface area (Å²) in [5, 5.41) is 0. The van der Waals surface area contributed by atoms with Crippen LogP contribution in [0, 0.1) is 0 Å². The molecule has 0 aromatic heterocycles. The Kier molecular flexibility index (Phi) is 56.9. The van der Waals surface area contributed by atoms with Gasteiger partial charge in [-0.1, -0.05) is 252 Å². The number of unbranched alkanes of at least 4 members (excludes halogenated alkanes) is 25. The average Bonchev–Trinajstić information content (AvgIpc) is 3.36. The van der Waals surface area contributed by atoms with Crippen LogP contribution in [0.5, 0.6) is 0 Å². The van der Waals surface area contributed by atoms with Crippen molar-refractivity contribution in [3.63, 3.8) is 0 Å². The van der Waals surface area contributed by atoms with Gasteiger partial charge in [0.05, 0.1) is 13.0 Å². The van der Waals surface area contributed by atoms with Gasteiger partial charge in [0.25, 0.3) is 0 Å². The monoisotopic (exact) mass is 971 g/mol. The van der Waals surface area contributed by atoms with Crippen LogP contribution >= 0.6 is 0 Å². The Morgan fingerprint density at radius 1 is 0.343 bits per heavy atom. The van der Waals surface area contributed by atoms with Crippen LogP contribution < -0.4 is 0 Å². The normalized spacial score (nSPS) is 13.0. The van der Waals surface area contributed by atoms with E-state index in [2.05, 4.69) is 118 Å². The summed E-state index contributed by atoms with van der Waals surface area (Å²) in [5.74, 6) is -0.548. The molecule has 0 N–H and O–H groups in total. The van der Waals surface area contributed by atoms with Gasteiger partial charge in [0, 0.05) is 13.0 Å². The summed E-state index contributed by atoms with van der Waals surface area (Å²) in [6.07, 6.45) is 82.8. The standard InChI is InChI=1S/C65H110O5/c1-4-7-10-13-16-19-22-25-28-30-32-34-36-39-42-45-48-51-54-57-60-68-61-63(70-65(67)59-56-53-50-47-44-41-37-27-24-21-18-15-12-9-6-3)62-69-64(66)58-55-52-49-46-43-40-38-35-33-31-29-26-23-20-17-14-11-8-5-2/h9,12,16-21,25-29,37,44,47,53,56,63H,4-8,10-11,13-15,22-24,30-36,38-43,45-46,48-52,54-55,57-62H2,1-3H3/b12-9-,19-16-,20-17-,21-18-,28-25-,29-26-,37-27-,47-44-,56-53-. The van der Waals surface area contributed by atoms with E-state index in [1.807, 2.05) is 12.2 Å². The van der Waals surface area contributed by atoms with Crippen LogP contribution in [0.1, 0.15) is 265 Å². The van der Waals surface area contributed by atoms with Gasteiger partial charge in [-0.2, -0.15) is 0 Å². The summed E-state index contributed by atoms with van der Waals surface area (Å²) in [4.78, 5) is 25.5. The molecule has 70 heavy (non-hydrogen) atoms. The Bertz CT molecular complexity index is 1380. The summed E-state index contributed by atoms with van der Waals surface area (Å²) < 4.78 is 17.4. The number of esters is 2. The molecule has 5 nitrogen and oxygen atoms in total. The van der Waals surface area contributed by atoms with Gasteiger partial charge in [0.15, 0.2) is 6.10 Å². The molecule has 0 saturated heterocycles. The van der Waals surface area contributed by atoms with Crippen molar-refractivity contribution in [3.8, 4) is 0 Å². The number of carbonyl (C=O) groups excluding carboxylic acids is 2. The lowest BCUT2D eigenvalue weighted by atomic mass is 10.1. The van der Waals surface area contributed by atoms with Gasteiger partial charge in [0.2, 0.25) is 0 Å². The summed E-state index contributed by atoms with van der Waals surface area (Å²) in [5.41, 5.74) is 0. The van der Waals surface area contributed by atoms with E-state index >= 15 is 0 Å². The van der Waals surface area contributed by atoms with Crippen molar-refractivity contribution in [1.29, 1.82) is 0 Å². The third-order valence-corrected chi connectivity index (χ3v) is 12.3. The van der Waals surface area contributed by atoms with Crippen molar-refractivity contribution in [1.82, 2.24) is 0 Å². The van der Waals surface area contributed by atoms with Gasteiger partial charge < -0.3 is 14.2 Å². The molecule has 0 aliphatic rings. The fourth-order valence-electron chi connectivity index (χ4n) is 7.94. The molecule has 5 heteroatoms. The molecule has 0 fully saturated rings. The van der Waals surface area contributed by atoms with Gasteiger partial charge in [-0.15, -0.1) is 0 Å². The van der Waals surface area contributed by atoms with Gasteiger partial charge in [-0.25, -0.2) is 0 Å². The Hall–Kier alpha value is -3.44. The number of rotatable bonds is 53. The highest BCUT2D eigenvalue weighted by atomic mass is 16.6. The average molecular weight is 972 g/mol. The van der Waals surface area contributed by atoms with E-state index in [1.54, 1.807) is 0 Å². The highest BCUT2D eigenvalue weighted by Crippen LogP contribution is 2.14. The zero-order chi connectivity index (χ0) is 50.6. The molecule has 1 unspecified atom stereocenters. The Morgan fingerprint density at radius 3 is 1.10 bits per heavy atom. The second-order valence-electron chi connectivity index (χ2n) is 19.2. The fraction of sp³-hybridized carbons (Fsp3) is 0.692. The van der Waals surface area contributed by atoms with E-state index in [9.17, 15) is 9.59 Å². The van der Waals surface area contributed by atoms with Gasteiger partial charge >= 0.3 is 11.9 Å². The lowest BCUT2D eigenvalue weighted by Crippen LogP contribution is -2.29. The molecule has 0 aromatic rings. The van der Waals surface area contributed by atoms with Crippen LogP contribution in [0.25, 0.3) is 0 Å². The largest absolute Gasteiger partial charge is 0.462 e. The molecule has 0 bridgehead atoms. The Balaban J connectivity index is 4.37. The molecule has 0 amide bonds. The second kappa shape index (κ2) is 59.9. The third-order valence-electron chi connectivity index (χ3n) is 12.3. The maximum absolute atomic E-state index is 12.8. The quantitative estimate of drug-likeness (QED) is 0.0345. The minimum absolute atomic E-state index is 0.0375. The highest BCUT2D eigenvalue weighted by molar-refractivity contribution is 5.71. The molecule has 0 spiro atoms. The molecule has 0 aromatic carbocycles. The first kappa shape index (κ1) is 66.6. The topological polar surface area (TPSA) is 61.8 Å². The molecule has 0 radical (unpaired) electrons. The summed E-state index contributed by atoms with van der Waals surface area (Å²) in [6.45, 7) is 7.56. The highest BCUT2D eigenvalue weighted by Gasteiger charge is 2.17. The number of carbonyl (C=O) groups is 2. The first-order valence-corrected chi connectivity index (χ1v) is 29.4. The van der Waals surface area contributed by atoms with Crippen LogP contribution in [0.15, 0.2) is 109 Å². The van der Waals surface area contributed by atoms with Gasteiger partial charge in [0.1, 0.15) is 6.61 Å². The second-order valence-corrected chi connectivity index (χ2v) is 19.2. The van der Waals surface area contributed by atoms with Gasteiger partial charge in [-0.05, 0) is 109 Å². The summed E-state index contributed by atoms with van der Waals surface area (Å²) in [7, 11) is 0. The first-order valence-electron chi connectivity index (χ1n) is 29.4. The Labute approximate surface area is 434 Å². The van der Waals surface area contributed by atoms with Crippen molar-refractivity contribution < 1.29 is 23.8 Å². The lowest BCUT2D eigenvalue weighted by Gasteiger charge is -2.18. The zero-order valence-electron chi connectivity index (χ0n) is 46.0. The molecule has 0 rings (SSSR count). The molecule has 0 aliphatic heterocycles. The zero-order valence-corrected chi connectivity index (χ0v) is 46.0. The Morgan fingerprint density at radius 2 is 0.686 bits per heavy atom. The van der Waals surface area contributed by atoms with E-state index in [1.165, 1.54) is 154 Å². The van der Waals surface area contributed by atoms with Crippen LogP contribution in [0.4, 0.5) is 0 Å². The van der Waals surface area contributed by atoms with Crippen LogP contribution in [-0.4, -0.2) is 37.9 Å². The van der Waals surface area contributed by atoms with Crippen molar-refractivity contribution in [2.75, 3.05) is 19.8 Å². The molecule has 1 atom stereocenters. The molecule has 400 valence electrons. The number of ether oxygens (including phenoxy) is 3. The molecule has 0 saturated carbocycles. The molecular formula is C65H110O5. The third kappa shape index (κ3) is 57.1. The van der Waals surface area contributed by atoms with E-state index in [0.29, 0.717) is 13.0 Å². The van der Waals surface area contributed by atoms with E-state index < -0.39 is 6.10 Å². The van der Waals surface area contributed by atoms with Crippen molar-refractivity contribution >= 4 is 11.9 Å². The minimum Gasteiger partial charge on any atom is -0.462 e. The summed E-state index contributed by atoms with van der Waals surface area (Å²) >= 11 is 0. The lowest BCUT2D eigenvalue weighted by molar-refractivity contribution is -0.162. The number of allylic oxidation sites excluding steroid dienone is 17. The van der Waals surface area contributed by atoms with Crippen LogP contribution in [-0.2, 0) is 23.8 Å². The predicted octanol–water partition coefficient (Wildman–Crippen LogP) is 20.3. The molecule has 0 aliphatic carbocycles. The van der Waals surface area contributed by atoms with E-state index in [-0.39, 0.29) is 31.6 Å². The fourth-order valence-corrected chi connectivity index (χ4v) is 7.94. The van der Waals surface area contributed by atoms with Crippen LogP contribution in [0.2, 0.25) is 0 Å². The van der Waals surface area contributed by atoms with Gasteiger partial charge in [-0.3, -0.25) is 9.59 Å².